The molecule has 1 aliphatic rings. The van der Waals surface area contributed by atoms with E-state index in [1.807, 2.05) is 13.0 Å². The second kappa shape index (κ2) is 9.57. The molecule has 1 fully saturated rings. The number of methoxy groups -OCH3 is 1. The number of aromatic nitrogens is 5. The monoisotopic (exact) mass is 502 g/mol. The molecular formula is C26H27FN8O2. The van der Waals surface area contributed by atoms with Gasteiger partial charge in [-0.15, -0.1) is 0 Å². The van der Waals surface area contributed by atoms with Gasteiger partial charge in [0, 0.05) is 30.9 Å². The molecule has 5 rings (SSSR count). The molecule has 37 heavy (non-hydrogen) atoms. The normalized spacial score (nSPS) is 14.6. The van der Waals surface area contributed by atoms with Gasteiger partial charge in [-0.3, -0.25) is 14.4 Å². The number of halogens is 1. The van der Waals surface area contributed by atoms with Gasteiger partial charge < -0.3 is 10.5 Å². The van der Waals surface area contributed by atoms with E-state index in [4.69, 9.17) is 20.6 Å². The molecule has 0 spiro atoms. The smallest absolute Gasteiger partial charge is 0.264 e. The molecular weight excluding hydrogens is 475 g/mol. The topological polar surface area (TPSA) is 126 Å². The van der Waals surface area contributed by atoms with Gasteiger partial charge in [0.2, 0.25) is 5.88 Å². The van der Waals surface area contributed by atoms with Crippen LogP contribution in [0.25, 0.3) is 22.2 Å². The standard InChI is InChI=1S/C26H27FN8O2/c1-5-18(24-32-17-8-6-7-16(27)20(17)26(36)34(24)15-10-11-15)35-25(30-3)21(23(28)29-2)22(33-35)14-9-12-19(37-4)31-13-14/h6-9,12-13,15,18H,3,5,10-11H2,1-2,4H3,(H2,28,29). The Balaban J connectivity index is 1.78. The Morgan fingerprint density at radius 1 is 1.32 bits per heavy atom. The van der Waals surface area contributed by atoms with E-state index in [2.05, 4.69) is 21.7 Å². The minimum absolute atomic E-state index is 0.0106. The first-order valence-corrected chi connectivity index (χ1v) is 12.0. The van der Waals surface area contributed by atoms with E-state index >= 15 is 0 Å². The van der Waals surface area contributed by atoms with Crippen LogP contribution in [0.1, 0.15) is 49.7 Å². The third-order valence-electron chi connectivity index (χ3n) is 6.55. The molecule has 1 unspecified atom stereocenters. The maximum Gasteiger partial charge on any atom is 0.264 e. The second-order valence-electron chi connectivity index (χ2n) is 8.78. The van der Waals surface area contributed by atoms with Crippen molar-refractivity contribution in [1.29, 1.82) is 0 Å². The molecule has 190 valence electrons. The zero-order valence-electron chi connectivity index (χ0n) is 20.8. The van der Waals surface area contributed by atoms with E-state index in [0.717, 1.165) is 12.8 Å². The SMILES string of the molecule is C=Nc1c(C(N)=NC)c(-c2ccc(OC)nc2)nn1C(CC)c1nc2cccc(F)c2c(=O)n1C1CC1. The number of nitrogens with zero attached hydrogens (tertiary/aromatic N) is 7. The summed E-state index contributed by atoms with van der Waals surface area (Å²) < 4.78 is 23.1. The van der Waals surface area contributed by atoms with Gasteiger partial charge in [0.15, 0.2) is 5.82 Å². The van der Waals surface area contributed by atoms with Gasteiger partial charge in [-0.25, -0.2) is 24.0 Å². The van der Waals surface area contributed by atoms with Crippen molar-refractivity contribution in [3.05, 3.63) is 64.1 Å². The summed E-state index contributed by atoms with van der Waals surface area (Å²) in [4.78, 5) is 31.1. The molecule has 4 aromatic rings. The van der Waals surface area contributed by atoms with Crippen molar-refractivity contribution in [2.75, 3.05) is 14.2 Å². The Bertz CT molecular complexity index is 1590. The molecule has 0 amide bonds. The minimum atomic E-state index is -0.583. The lowest BCUT2D eigenvalue weighted by molar-refractivity contribution is 0.398. The van der Waals surface area contributed by atoms with Crippen LogP contribution in [-0.2, 0) is 0 Å². The van der Waals surface area contributed by atoms with Crippen molar-refractivity contribution in [3.63, 3.8) is 0 Å². The summed E-state index contributed by atoms with van der Waals surface area (Å²) in [6.07, 6.45) is 3.79. The van der Waals surface area contributed by atoms with E-state index < -0.39 is 17.4 Å². The zero-order valence-corrected chi connectivity index (χ0v) is 20.8. The summed E-state index contributed by atoms with van der Waals surface area (Å²) in [5.41, 5.74) is 7.89. The Hall–Kier alpha value is -4.41. The molecule has 0 aliphatic heterocycles. The molecule has 11 heteroatoms. The van der Waals surface area contributed by atoms with Crippen LogP contribution in [0.5, 0.6) is 5.88 Å². The Kier molecular flexibility index (Phi) is 6.28. The molecule has 1 aliphatic carbocycles. The van der Waals surface area contributed by atoms with E-state index in [9.17, 15) is 9.18 Å². The van der Waals surface area contributed by atoms with Gasteiger partial charge in [0.25, 0.3) is 5.56 Å². The second-order valence-corrected chi connectivity index (χ2v) is 8.78. The molecule has 0 saturated heterocycles. The Morgan fingerprint density at radius 3 is 2.70 bits per heavy atom. The van der Waals surface area contributed by atoms with Crippen LogP contribution >= 0.6 is 0 Å². The first-order valence-electron chi connectivity index (χ1n) is 12.0. The summed E-state index contributed by atoms with van der Waals surface area (Å²) in [7, 11) is 3.12. The van der Waals surface area contributed by atoms with E-state index in [1.54, 1.807) is 40.7 Å². The molecule has 10 nitrogen and oxygen atoms in total. The van der Waals surface area contributed by atoms with Crippen molar-refractivity contribution in [2.24, 2.45) is 15.7 Å². The number of hydrogen-bond donors (Lipinski definition) is 1. The number of benzene rings is 1. The van der Waals surface area contributed by atoms with Crippen molar-refractivity contribution >= 4 is 29.3 Å². The van der Waals surface area contributed by atoms with Gasteiger partial charge in [-0.1, -0.05) is 13.0 Å². The number of aliphatic imine (C=N–C) groups is 2. The fourth-order valence-corrected chi connectivity index (χ4v) is 4.59. The predicted molar refractivity (Wildman–Crippen MR) is 141 cm³/mol. The first kappa shape index (κ1) is 24.3. The van der Waals surface area contributed by atoms with E-state index in [1.165, 1.54) is 13.2 Å². The number of nitrogens with two attached hydrogens (primary N) is 1. The predicted octanol–water partition coefficient (Wildman–Crippen LogP) is 3.80. The summed E-state index contributed by atoms with van der Waals surface area (Å²) in [6.45, 7) is 5.73. The number of hydrogen-bond acceptors (Lipinski definition) is 7. The number of amidine groups is 1. The Morgan fingerprint density at radius 2 is 2.11 bits per heavy atom. The third kappa shape index (κ3) is 4.05. The lowest BCUT2D eigenvalue weighted by Gasteiger charge is -2.22. The summed E-state index contributed by atoms with van der Waals surface area (Å²) >= 11 is 0. The zero-order chi connectivity index (χ0) is 26.3. The van der Waals surface area contributed by atoms with Gasteiger partial charge in [-0.2, -0.15) is 5.10 Å². The van der Waals surface area contributed by atoms with Crippen molar-refractivity contribution in [3.8, 4) is 17.1 Å². The summed E-state index contributed by atoms with van der Waals surface area (Å²) in [6, 6.07) is 7.45. The highest BCUT2D eigenvalue weighted by molar-refractivity contribution is 6.06. The van der Waals surface area contributed by atoms with Gasteiger partial charge in [0.1, 0.15) is 34.6 Å². The van der Waals surface area contributed by atoms with Crippen LogP contribution in [-0.4, -0.2) is 51.0 Å². The van der Waals surface area contributed by atoms with Crippen molar-refractivity contribution in [2.45, 2.75) is 38.3 Å². The lowest BCUT2D eigenvalue weighted by atomic mass is 10.1. The molecule has 1 saturated carbocycles. The van der Waals surface area contributed by atoms with Crippen LogP contribution in [0.3, 0.4) is 0 Å². The average Bonchev–Trinajstić information content (AvgIpc) is 3.68. The van der Waals surface area contributed by atoms with Crippen LogP contribution in [0.15, 0.2) is 51.3 Å². The molecule has 1 atom stereocenters. The van der Waals surface area contributed by atoms with Crippen LogP contribution in [0.4, 0.5) is 10.2 Å². The van der Waals surface area contributed by atoms with Crippen LogP contribution in [0, 0.1) is 5.82 Å². The highest BCUT2D eigenvalue weighted by atomic mass is 19.1. The number of fused-ring (bicyclic) bond motifs is 1. The summed E-state index contributed by atoms with van der Waals surface area (Å²) in [5, 5.41) is 4.87. The van der Waals surface area contributed by atoms with Gasteiger partial charge in [-0.05, 0) is 44.2 Å². The lowest BCUT2D eigenvalue weighted by Crippen LogP contribution is -2.29. The minimum Gasteiger partial charge on any atom is -0.481 e. The van der Waals surface area contributed by atoms with Crippen LogP contribution in [0.2, 0.25) is 0 Å². The average molecular weight is 503 g/mol. The number of rotatable bonds is 8. The van der Waals surface area contributed by atoms with Gasteiger partial charge >= 0.3 is 0 Å². The molecule has 1 aromatic carbocycles. The molecule has 0 bridgehead atoms. The molecule has 2 N–H and O–H groups in total. The van der Waals surface area contributed by atoms with Crippen molar-refractivity contribution in [1.82, 2.24) is 24.3 Å². The number of ether oxygens (including phenoxy) is 1. The summed E-state index contributed by atoms with van der Waals surface area (Å²) in [5.74, 6) is 0.967. The fourth-order valence-electron chi connectivity index (χ4n) is 4.59. The molecule has 3 heterocycles. The highest BCUT2D eigenvalue weighted by Gasteiger charge is 2.34. The van der Waals surface area contributed by atoms with Crippen molar-refractivity contribution < 1.29 is 9.13 Å². The highest BCUT2D eigenvalue weighted by Crippen LogP contribution is 2.39. The van der Waals surface area contributed by atoms with Crippen LogP contribution < -0.4 is 16.0 Å². The number of pyridine rings is 1. The van der Waals surface area contributed by atoms with Gasteiger partial charge in [0.05, 0.1) is 18.2 Å². The quantitative estimate of drug-likeness (QED) is 0.289. The fraction of sp³-hybridized carbons (Fsp3) is 0.308. The Labute approximate surface area is 212 Å². The largest absolute Gasteiger partial charge is 0.481 e. The maximum atomic E-state index is 14.7. The van der Waals surface area contributed by atoms with E-state index in [0.29, 0.717) is 46.3 Å². The van der Waals surface area contributed by atoms with E-state index in [-0.39, 0.29) is 17.3 Å². The first-order chi connectivity index (χ1) is 17.9. The molecule has 3 aromatic heterocycles. The maximum absolute atomic E-state index is 14.7. The molecule has 0 radical (unpaired) electrons. The third-order valence-corrected chi connectivity index (χ3v) is 6.55.